The molecule has 17 heteroatoms. The molecular formula is C24H39N7O9S. The van der Waals surface area contributed by atoms with Gasteiger partial charge in [0.15, 0.2) is 0 Å². The molecule has 0 radical (unpaired) electrons. The molecule has 0 aromatic heterocycles. The quantitative estimate of drug-likeness (QED) is 0.116. The molecule has 1 aliphatic heterocycles. The molecule has 0 bridgehead atoms. The van der Waals surface area contributed by atoms with E-state index >= 15 is 0 Å². The fourth-order valence-corrected chi connectivity index (χ4v) is 3.43. The number of rotatable bonds is 3. The summed E-state index contributed by atoms with van der Waals surface area (Å²) in [7, 11) is 0. The minimum Gasteiger partial charge on any atom is -0.377 e. The first-order chi connectivity index (χ1) is 19.5. The number of amides is 7. The van der Waals surface area contributed by atoms with E-state index in [4.69, 9.17) is 9.47 Å². The summed E-state index contributed by atoms with van der Waals surface area (Å²) >= 11 is 4.08. The maximum atomic E-state index is 12.8. The summed E-state index contributed by atoms with van der Waals surface area (Å²) in [6.45, 7) is 5.61. The molecule has 230 valence electrons. The van der Waals surface area contributed by atoms with Gasteiger partial charge < -0.3 is 46.7 Å². The van der Waals surface area contributed by atoms with E-state index in [1.165, 1.54) is 0 Å². The smallest absolute Gasteiger partial charge is 0.247 e. The summed E-state index contributed by atoms with van der Waals surface area (Å²) in [4.78, 5) is 86.2. The Labute approximate surface area is 243 Å². The van der Waals surface area contributed by atoms with E-state index < -0.39 is 85.0 Å². The molecule has 0 unspecified atom stereocenters. The van der Waals surface area contributed by atoms with Crippen molar-refractivity contribution in [3.8, 4) is 0 Å². The molecule has 16 nitrogen and oxygen atoms in total. The molecule has 1 rings (SSSR count). The van der Waals surface area contributed by atoms with Gasteiger partial charge in [-0.15, -0.1) is 6.58 Å². The Morgan fingerprint density at radius 3 is 2.02 bits per heavy atom. The third kappa shape index (κ3) is 14.5. The maximum Gasteiger partial charge on any atom is 0.247 e. The molecule has 41 heavy (non-hydrogen) atoms. The number of nitrogens with one attached hydrogen (secondary N) is 7. The summed E-state index contributed by atoms with van der Waals surface area (Å²) in [5, 5.41) is 17.0. The molecule has 0 spiro atoms. The Balaban J connectivity index is 2.89. The number of hydrogen-bond acceptors (Lipinski definition) is 10. The van der Waals surface area contributed by atoms with Crippen LogP contribution in [0.15, 0.2) is 12.7 Å². The fourth-order valence-electron chi connectivity index (χ4n) is 3.18. The van der Waals surface area contributed by atoms with Gasteiger partial charge in [-0.3, -0.25) is 33.6 Å². The maximum absolute atomic E-state index is 12.8. The summed E-state index contributed by atoms with van der Waals surface area (Å²) < 4.78 is 10.5. The molecule has 7 amide bonds. The molecule has 0 saturated carbocycles. The molecule has 0 aromatic rings. The van der Waals surface area contributed by atoms with Gasteiger partial charge in [0.2, 0.25) is 41.4 Å². The number of thiol groups is 1. The highest BCUT2D eigenvalue weighted by Gasteiger charge is 2.28. The monoisotopic (exact) mass is 601 g/mol. The number of ether oxygens (including phenoxy) is 2. The van der Waals surface area contributed by atoms with E-state index in [1.54, 1.807) is 13.8 Å². The van der Waals surface area contributed by atoms with Crippen LogP contribution < -0.4 is 37.2 Å². The third-order valence-electron chi connectivity index (χ3n) is 5.38. The van der Waals surface area contributed by atoms with Gasteiger partial charge in [0, 0.05) is 12.3 Å². The molecule has 1 heterocycles. The average Bonchev–Trinajstić information content (AvgIpc) is 2.94. The van der Waals surface area contributed by atoms with Crippen LogP contribution in [-0.4, -0.2) is 118 Å². The second-order valence-electron chi connectivity index (χ2n) is 9.04. The predicted molar refractivity (Wildman–Crippen MR) is 148 cm³/mol. The zero-order valence-electron chi connectivity index (χ0n) is 23.1. The van der Waals surface area contributed by atoms with Gasteiger partial charge in [-0.05, 0) is 5.92 Å². The van der Waals surface area contributed by atoms with Crippen LogP contribution in [0.25, 0.3) is 0 Å². The lowest BCUT2D eigenvalue weighted by Gasteiger charge is -2.24. The van der Waals surface area contributed by atoms with Crippen LogP contribution in [0.3, 0.4) is 0 Å². The van der Waals surface area contributed by atoms with Crippen LogP contribution in [0, 0.1) is 5.92 Å². The fraction of sp³-hybridized carbons (Fsp3) is 0.625. The van der Waals surface area contributed by atoms with Gasteiger partial charge in [-0.25, -0.2) is 0 Å². The first-order valence-electron chi connectivity index (χ1n) is 12.8. The first kappa shape index (κ1) is 35.3. The van der Waals surface area contributed by atoms with Gasteiger partial charge >= 0.3 is 0 Å². The molecular weight excluding hydrogens is 562 g/mol. The molecule has 3 atom stereocenters. The lowest BCUT2D eigenvalue weighted by atomic mass is 10.0. The van der Waals surface area contributed by atoms with Gasteiger partial charge in [0.25, 0.3) is 0 Å². The van der Waals surface area contributed by atoms with Crippen LogP contribution in [0.2, 0.25) is 0 Å². The Kier molecular flexibility index (Phi) is 16.7. The highest BCUT2D eigenvalue weighted by atomic mass is 32.1. The molecule has 0 aromatic carbocycles. The molecule has 0 aliphatic carbocycles. The molecule has 7 N–H and O–H groups in total. The van der Waals surface area contributed by atoms with Gasteiger partial charge in [0.05, 0.1) is 39.5 Å². The summed E-state index contributed by atoms with van der Waals surface area (Å²) in [6, 6.07) is -3.30. The number of carbonyl (C=O) groups is 7. The van der Waals surface area contributed by atoms with Gasteiger partial charge in [-0.1, -0.05) is 19.9 Å². The van der Waals surface area contributed by atoms with Crippen molar-refractivity contribution in [1.82, 2.24) is 37.2 Å². The zero-order valence-corrected chi connectivity index (χ0v) is 24.0. The SMILES string of the molecule is C=C[C@@H]1NC(=O)[C@H](C(C)C)NC(=O)CNC(=O)CNC(=O)COCCOCCNC(=O)[C@H](CS)NC(=O)CNC1=O. The summed E-state index contributed by atoms with van der Waals surface area (Å²) in [6.07, 6.45) is 1.15. The molecule has 1 fully saturated rings. The van der Waals surface area contributed by atoms with E-state index in [0.29, 0.717) is 0 Å². The number of hydrogen-bond donors (Lipinski definition) is 8. The molecule has 1 aliphatic rings. The van der Waals surface area contributed by atoms with E-state index in [-0.39, 0.29) is 38.7 Å². The zero-order chi connectivity index (χ0) is 30.8. The van der Waals surface area contributed by atoms with E-state index in [0.717, 1.165) is 6.08 Å². The standard InChI is InChI=1S/C24H39N7O9S/c1-4-15-22(36)28-11-18(33)29-16(13-41)23(37)25-5-6-39-7-8-40-12-20(35)27-9-17(32)26-10-19(34)31-21(14(2)3)24(38)30-15/h4,14-16,21,41H,1,5-13H2,2-3H3,(H,25,37)(H,26,32)(H,27,35)(H,28,36)(H,29,33)(H,30,38)(H,31,34)/t15-,16-,21-/m0/s1. The Bertz CT molecular complexity index is 964. The lowest BCUT2D eigenvalue weighted by Crippen LogP contribution is -2.57. The highest BCUT2D eigenvalue weighted by Crippen LogP contribution is 2.03. The summed E-state index contributed by atoms with van der Waals surface area (Å²) in [5.74, 6) is -4.96. The van der Waals surface area contributed by atoms with Crippen molar-refractivity contribution in [2.24, 2.45) is 5.92 Å². The van der Waals surface area contributed by atoms with Crippen molar-refractivity contribution in [1.29, 1.82) is 0 Å². The van der Waals surface area contributed by atoms with Gasteiger partial charge in [0.1, 0.15) is 24.7 Å². The van der Waals surface area contributed by atoms with Crippen molar-refractivity contribution < 1.29 is 43.0 Å². The topological polar surface area (TPSA) is 222 Å². The van der Waals surface area contributed by atoms with Crippen LogP contribution >= 0.6 is 12.6 Å². The van der Waals surface area contributed by atoms with Crippen molar-refractivity contribution in [2.45, 2.75) is 32.0 Å². The Morgan fingerprint density at radius 1 is 0.756 bits per heavy atom. The highest BCUT2D eigenvalue weighted by molar-refractivity contribution is 7.80. The largest absolute Gasteiger partial charge is 0.377 e. The second kappa shape index (κ2) is 19.4. The summed E-state index contributed by atoms with van der Waals surface area (Å²) in [5.41, 5.74) is 0. The van der Waals surface area contributed by atoms with Crippen LogP contribution in [0.5, 0.6) is 0 Å². The lowest BCUT2D eigenvalue weighted by molar-refractivity contribution is -0.133. The van der Waals surface area contributed by atoms with Crippen molar-refractivity contribution in [3.05, 3.63) is 12.7 Å². The Morgan fingerprint density at radius 2 is 1.37 bits per heavy atom. The van der Waals surface area contributed by atoms with Crippen molar-refractivity contribution >= 4 is 54.0 Å². The number of carbonyl (C=O) groups excluding carboxylic acids is 7. The third-order valence-corrected chi connectivity index (χ3v) is 5.75. The van der Waals surface area contributed by atoms with E-state index in [1.807, 2.05) is 0 Å². The first-order valence-corrected chi connectivity index (χ1v) is 13.5. The normalized spacial score (nSPS) is 24.4. The second-order valence-corrected chi connectivity index (χ2v) is 9.41. The van der Waals surface area contributed by atoms with Crippen LogP contribution in [-0.2, 0) is 43.0 Å². The van der Waals surface area contributed by atoms with E-state index in [9.17, 15) is 33.6 Å². The predicted octanol–water partition coefficient (Wildman–Crippen LogP) is -4.28. The molecule has 1 saturated heterocycles. The van der Waals surface area contributed by atoms with Gasteiger partial charge in [-0.2, -0.15) is 12.6 Å². The minimum absolute atomic E-state index is 0.0168. The van der Waals surface area contributed by atoms with Crippen molar-refractivity contribution in [2.75, 3.05) is 58.4 Å². The Hall–Kier alpha value is -3.70. The average molecular weight is 602 g/mol. The van der Waals surface area contributed by atoms with Crippen LogP contribution in [0.1, 0.15) is 13.8 Å². The van der Waals surface area contributed by atoms with Crippen LogP contribution in [0.4, 0.5) is 0 Å². The van der Waals surface area contributed by atoms with E-state index in [2.05, 4.69) is 56.4 Å². The minimum atomic E-state index is -1.24. The van der Waals surface area contributed by atoms with Crippen molar-refractivity contribution in [3.63, 3.8) is 0 Å².